The molecule has 0 aliphatic heterocycles. The van der Waals surface area contributed by atoms with Gasteiger partial charge in [-0.1, -0.05) is 41.5 Å². The van der Waals surface area contributed by atoms with E-state index in [1.54, 1.807) is 18.2 Å². The average molecular weight is 277 g/mol. The van der Waals surface area contributed by atoms with Crippen LogP contribution >= 0.6 is 0 Å². The lowest BCUT2D eigenvalue weighted by atomic mass is 10.1. The molecule has 0 aromatic heterocycles. The van der Waals surface area contributed by atoms with E-state index in [4.69, 9.17) is 0 Å². The van der Waals surface area contributed by atoms with Crippen molar-refractivity contribution in [3.63, 3.8) is 0 Å². The highest BCUT2D eigenvalue weighted by Crippen LogP contribution is 2.26. The average Bonchev–Trinajstić information content (AvgIpc) is 2.36. The van der Waals surface area contributed by atoms with Gasteiger partial charge in [0.05, 0.1) is 5.69 Å². The van der Waals surface area contributed by atoms with Gasteiger partial charge in [0.25, 0.3) is 0 Å². The number of alkyl halides is 2. The van der Waals surface area contributed by atoms with Crippen molar-refractivity contribution in [2.75, 3.05) is 5.32 Å². The summed E-state index contributed by atoms with van der Waals surface area (Å²) in [5.74, 6) is 0.159. The third kappa shape index (κ3) is 3.95. The van der Waals surface area contributed by atoms with Crippen LogP contribution in [0.3, 0.4) is 0 Å². The molecule has 0 unspecified atom stereocenters. The van der Waals surface area contributed by atoms with Crippen LogP contribution in [0.1, 0.15) is 16.7 Å². The number of halogens is 2. The first-order valence-corrected chi connectivity index (χ1v) is 6.39. The lowest BCUT2D eigenvalue weighted by Crippen LogP contribution is -2.06. The normalized spacial score (nSPS) is 10.7. The Hall–Kier alpha value is -2.10. The number of rotatable bonds is 5. The summed E-state index contributed by atoms with van der Waals surface area (Å²) >= 11 is 0. The molecule has 2 rings (SSSR count). The van der Waals surface area contributed by atoms with Crippen molar-refractivity contribution in [3.05, 3.63) is 59.2 Å². The van der Waals surface area contributed by atoms with E-state index in [9.17, 15) is 8.78 Å². The summed E-state index contributed by atoms with van der Waals surface area (Å²) in [5.41, 5.74) is 4.03. The number of ether oxygens (including phenoxy) is 1. The first kappa shape index (κ1) is 14.3. The highest BCUT2D eigenvalue weighted by atomic mass is 19.3. The van der Waals surface area contributed by atoms with Crippen LogP contribution in [0.4, 0.5) is 14.5 Å². The molecule has 0 spiro atoms. The van der Waals surface area contributed by atoms with Crippen molar-refractivity contribution < 1.29 is 13.5 Å². The van der Waals surface area contributed by atoms with Crippen LogP contribution in [-0.4, -0.2) is 6.61 Å². The van der Waals surface area contributed by atoms with E-state index in [0.717, 1.165) is 5.56 Å². The summed E-state index contributed by atoms with van der Waals surface area (Å²) in [6, 6.07) is 12.9. The Morgan fingerprint density at radius 2 is 1.70 bits per heavy atom. The zero-order valence-corrected chi connectivity index (χ0v) is 11.5. The van der Waals surface area contributed by atoms with E-state index in [1.807, 2.05) is 13.8 Å². The number of hydrogen-bond acceptors (Lipinski definition) is 2. The smallest absolute Gasteiger partial charge is 0.387 e. The highest BCUT2D eigenvalue weighted by molar-refractivity contribution is 5.56. The molecule has 2 aromatic carbocycles. The zero-order valence-electron chi connectivity index (χ0n) is 11.5. The Kier molecular flexibility index (Phi) is 4.56. The fourth-order valence-corrected chi connectivity index (χ4v) is 2.18. The number of benzene rings is 2. The Morgan fingerprint density at radius 3 is 2.35 bits per heavy atom. The molecule has 2 nitrogen and oxygen atoms in total. The van der Waals surface area contributed by atoms with E-state index in [1.165, 1.54) is 17.2 Å². The molecular formula is C16H17F2NO. The van der Waals surface area contributed by atoms with Crippen molar-refractivity contribution in [2.45, 2.75) is 27.0 Å². The second-order valence-electron chi connectivity index (χ2n) is 4.72. The second-order valence-corrected chi connectivity index (χ2v) is 4.72. The van der Waals surface area contributed by atoms with Gasteiger partial charge in [0.15, 0.2) is 0 Å². The van der Waals surface area contributed by atoms with Crippen LogP contribution in [0, 0.1) is 13.8 Å². The molecule has 2 aromatic rings. The minimum absolute atomic E-state index is 0.159. The molecule has 4 heteroatoms. The van der Waals surface area contributed by atoms with Crippen molar-refractivity contribution >= 4 is 5.69 Å². The van der Waals surface area contributed by atoms with Crippen LogP contribution in [0.2, 0.25) is 0 Å². The molecule has 0 heterocycles. The fourth-order valence-electron chi connectivity index (χ4n) is 2.18. The molecule has 0 radical (unpaired) electrons. The topological polar surface area (TPSA) is 21.3 Å². The van der Waals surface area contributed by atoms with Crippen molar-refractivity contribution in [1.29, 1.82) is 0 Å². The van der Waals surface area contributed by atoms with E-state index in [2.05, 4.69) is 28.3 Å². The van der Waals surface area contributed by atoms with Gasteiger partial charge in [-0.15, -0.1) is 0 Å². The SMILES string of the molecule is Cc1cc(C)cc(CNc2ccccc2OC(F)F)c1. The highest BCUT2D eigenvalue weighted by Gasteiger charge is 2.08. The molecule has 0 aliphatic carbocycles. The van der Waals surface area contributed by atoms with Crippen LogP contribution in [0.5, 0.6) is 5.75 Å². The first-order valence-electron chi connectivity index (χ1n) is 6.39. The molecule has 0 aliphatic rings. The number of anilines is 1. The molecule has 0 saturated carbocycles. The standard InChI is InChI=1S/C16H17F2NO/c1-11-7-12(2)9-13(8-11)10-19-14-5-3-4-6-15(14)20-16(17)18/h3-9,16,19H,10H2,1-2H3. The third-order valence-corrected chi connectivity index (χ3v) is 2.87. The predicted molar refractivity (Wildman–Crippen MR) is 76.3 cm³/mol. The molecule has 20 heavy (non-hydrogen) atoms. The van der Waals surface area contributed by atoms with E-state index in [-0.39, 0.29) is 5.75 Å². The Morgan fingerprint density at radius 1 is 1.05 bits per heavy atom. The summed E-state index contributed by atoms with van der Waals surface area (Å²) in [5, 5.41) is 3.13. The van der Waals surface area contributed by atoms with Gasteiger partial charge in [0.1, 0.15) is 5.75 Å². The molecule has 1 N–H and O–H groups in total. The summed E-state index contributed by atoms with van der Waals surface area (Å²) in [7, 11) is 0. The molecule has 0 saturated heterocycles. The predicted octanol–water partition coefficient (Wildman–Crippen LogP) is 4.52. The number of hydrogen-bond donors (Lipinski definition) is 1. The lowest BCUT2D eigenvalue weighted by Gasteiger charge is -2.13. The third-order valence-electron chi connectivity index (χ3n) is 2.87. The van der Waals surface area contributed by atoms with E-state index < -0.39 is 6.61 Å². The maximum Gasteiger partial charge on any atom is 0.387 e. The molecule has 0 bridgehead atoms. The van der Waals surface area contributed by atoms with Gasteiger partial charge in [-0.2, -0.15) is 8.78 Å². The second kappa shape index (κ2) is 6.37. The summed E-state index contributed by atoms with van der Waals surface area (Å²) < 4.78 is 29.1. The maximum absolute atomic E-state index is 12.3. The first-order chi connectivity index (χ1) is 9.54. The molecule has 0 atom stereocenters. The summed E-state index contributed by atoms with van der Waals surface area (Å²) in [6.45, 7) is 1.81. The largest absolute Gasteiger partial charge is 0.433 e. The van der Waals surface area contributed by atoms with Crippen molar-refractivity contribution in [2.24, 2.45) is 0 Å². The Bertz CT molecular complexity index is 564. The van der Waals surface area contributed by atoms with Gasteiger partial charge in [0, 0.05) is 6.54 Å². The Balaban J connectivity index is 2.10. The van der Waals surface area contributed by atoms with Gasteiger partial charge < -0.3 is 10.1 Å². The maximum atomic E-state index is 12.3. The van der Waals surface area contributed by atoms with Crippen molar-refractivity contribution in [3.8, 4) is 5.75 Å². The number of aryl methyl sites for hydroxylation is 2. The minimum atomic E-state index is -2.82. The van der Waals surface area contributed by atoms with Gasteiger partial charge in [-0.05, 0) is 31.5 Å². The molecule has 106 valence electrons. The fraction of sp³-hybridized carbons (Fsp3) is 0.250. The van der Waals surface area contributed by atoms with Gasteiger partial charge in [0.2, 0.25) is 0 Å². The van der Waals surface area contributed by atoms with Gasteiger partial charge in [-0.3, -0.25) is 0 Å². The van der Waals surface area contributed by atoms with Crippen LogP contribution < -0.4 is 10.1 Å². The zero-order chi connectivity index (χ0) is 14.5. The van der Waals surface area contributed by atoms with E-state index >= 15 is 0 Å². The van der Waals surface area contributed by atoms with Crippen LogP contribution in [0.25, 0.3) is 0 Å². The summed E-state index contributed by atoms with van der Waals surface area (Å²) in [6.07, 6.45) is 0. The monoisotopic (exact) mass is 277 g/mol. The molecule has 0 fully saturated rings. The molecular weight excluding hydrogens is 260 g/mol. The number of nitrogens with one attached hydrogen (secondary N) is 1. The van der Waals surface area contributed by atoms with E-state index in [0.29, 0.717) is 12.2 Å². The van der Waals surface area contributed by atoms with Gasteiger partial charge >= 0.3 is 6.61 Å². The Labute approximate surface area is 117 Å². The lowest BCUT2D eigenvalue weighted by molar-refractivity contribution is -0.0493. The quantitative estimate of drug-likeness (QED) is 0.867. The molecule has 0 amide bonds. The van der Waals surface area contributed by atoms with Crippen LogP contribution in [-0.2, 0) is 6.54 Å². The summed E-state index contributed by atoms with van der Waals surface area (Å²) in [4.78, 5) is 0. The number of para-hydroxylation sites is 2. The minimum Gasteiger partial charge on any atom is -0.433 e. The van der Waals surface area contributed by atoms with Crippen LogP contribution in [0.15, 0.2) is 42.5 Å². The van der Waals surface area contributed by atoms with Crippen molar-refractivity contribution in [1.82, 2.24) is 0 Å². The van der Waals surface area contributed by atoms with Gasteiger partial charge in [-0.25, -0.2) is 0 Å².